The minimum Gasteiger partial charge on any atom is -1.00 e. The zero-order valence-corrected chi connectivity index (χ0v) is 9.34. The Labute approximate surface area is 92.4 Å². The van der Waals surface area contributed by atoms with Gasteiger partial charge in [0.25, 0.3) is 0 Å². The molecule has 0 radical (unpaired) electrons. The van der Waals surface area contributed by atoms with Crippen LogP contribution in [0.5, 0.6) is 5.75 Å². The molecule has 4 heteroatoms. The first-order valence-corrected chi connectivity index (χ1v) is 2.43. The van der Waals surface area contributed by atoms with Gasteiger partial charge in [-0.1, -0.05) is 0 Å². The van der Waals surface area contributed by atoms with E-state index in [1.807, 2.05) is 24.3 Å². The molecular formula is C7H8BrFMgO. The molecule has 0 aliphatic carbocycles. The van der Waals surface area contributed by atoms with Crippen LogP contribution in [0.25, 0.3) is 0 Å². The zero-order valence-electron chi connectivity index (χ0n) is 6.21. The normalized spacial score (nSPS) is 6.27. The van der Waals surface area contributed by atoms with Crippen molar-refractivity contribution in [3.8, 4) is 5.75 Å². The van der Waals surface area contributed by atoms with Crippen LogP contribution in [0.2, 0.25) is 0 Å². The Morgan fingerprint density at radius 2 is 1.73 bits per heavy atom. The summed E-state index contributed by atoms with van der Waals surface area (Å²) in [6, 6.07) is 10.2. The molecule has 0 saturated carbocycles. The first kappa shape index (κ1) is 17.3. The van der Waals surface area contributed by atoms with Crippen LogP contribution in [-0.2, 0) is 0 Å². The third-order valence-electron chi connectivity index (χ3n) is 0.923. The van der Waals surface area contributed by atoms with Crippen LogP contribution in [0.1, 0.15) is 0 Å². The Balaban J connectivity index is -0.000000213. The van der Waals surface area contributed by atoms with Crippen LogP contribution in [0.3, 0.4) is 0 Å². The molecule has 58 valence electrons. The van der Waals surface area contributed by atoms with Crippen molar-refractivity contribution < 1.29 is 9.44 Å². The smallest absolute Gasteiger partial charge is 1.00 e. The molecule has 0 saturated heterocycles. The molecule has 0 heterocycles. The summed E-state index contributed by atoms with van der Waals surface area (Å²) >= 11 is 0. The number of halogens is 2. The summed E-state index contributed by atoms with van der Waals surface area (Å²) in [6.07, 6.45) is 0. The molecule has 11 heavy (non-hydrogen) atoms. The fraction of sp³-hybridized carbons (Fsp3) is 0.143. The second kappa shape index (κ2) is 10.2. The van der Waals surface area contributed by atoms with E-state index in [-0.39, 0.29) is 44.7 Å². The summed E-state index contributed by atoms with van der Waals surface area (Å²) in [5.41, 5.74) is 0. The van der Waals surface area contributed by atoms with Gasteiger partial charge >= 0.3 is 23.1 Å². The first-order chi connectivity index (χ1) is 3.93. The summed E-state index contributed by atoms with van der Waals surface area (Å²) in [5.74, 6) is 0.878. The molecule has 0 bridgehead atoms. The van der Waals surface area contributed by atoms with Crippen LogP contribution < -0.4 is 9.44 Å². The average molecular weight is 231 g/mol. The minimum absolute atomic E-state index is 0. The molecule has 0 spiro atoms. The molecule has 0 aliphatic rings. The number of hydrogen-bond donors (Lipinski definition) is 0. The predicted octanol–water partition coefficient (Wildman–Crippen LogP) is -1.30. The first-order valence-electron chi connectivity index (χ1n) is 2.43. The van der Waals surface area contributed by atoms with Crippen molar-refractivity contribution in [2.75, 3.05) is 7.11 Å². The molecule has 0 unspecified atom stereocenters. The van der Waals surface area contributed by atoms with E-state index in [0.717, 1.165) is 5.75 Å². The summed E-state index contributed by atoms with van der Waals surface area (Å²) in [6.45, 7) is 0. The topological polar surface area (TPSA) is 9.23 Å². The molecule has 0 aliphatic heterocycles. The van der Waals surface area contributed by atoms with E-state index in [1.165, 1.54) is 0 Å². The van der Waals surface area contributed by atoms with Gasteiger partial charge in [-0.25, -0.2) is 0 Å². The van der Waals surface area contributed by atoms with Gasteiger partial charge in [0.15, 0.2) is 0 Å². The zero-order chi connectivity index (χ0) is 5.82. The Morgan fingerprint density at radius 1 is 1.27 bits per heavy atom. The molecular weight excluding hydrogens is 223 g/mol. The van der Waals surface area contributed by atoms with Gasteiger partial charge in [0, 0.05) is 5.75 Å². The summed E-state index contributed by atoms with van der Waals surface area (Å²) in [7, 11) is 1.65. The van der Waals surface area contributed by atoms with Gasteiger partial charge in [-0.2, -0.15) is 18.2 Å². The average Bonchev–Trinajstić information content (AvgIpc) is 1.90. The fourth-order valence-electron chi connectivity index (χ4n) is 0.508. The van der Waals surface area contributed by atoms with Crippen molar-refractivity contribution >= 4 is 40.0 Å². The van der Waals surface area contributed by atoms with Crippen molar-refractivity contribution in [3.63, 3.8) is 0 Å². The standard InChI is InChI=1S/C7H7O.BrH.FH.Mg/c1-8-7-5-3-2-4-6-7;;;/h3-6H,1H3;2*1H;/q-1;;;+2/p-1. The fourth-order valence-corrected chi connectivity index (χ4v) is 0.508. The van der Waals surface area contributed by atoms with E-state index in [2.05, 4.69) is 6.07 Å². The van der Waals surface area contributed by atoms with Crippen molar-refractivity contribution in [1.29, 1.82) is 0 Å². The second-order valence-electron chi connectivity index (χ2n) is 1.44. The van der Waals surface area contributed by atoms with E-state index >= 15 is 0 Å². The third kappa shape index (κ3) is 6.59. The molecule has 1 aromatic carbocycles. The molecule has 0 fully saturated rings. The molecule has 0 amide bonds. The van der Waals surface area contributed by atoms with Gasteiger partial charge in [-0.15, -0.1) is 29.1 Å². The second-order valence-corrected chi connectivity index (χ2v) is 1.44. The van der Waals surface area contributed by atoms with Gasteiger partial charge in [0.1, 0.15) is 0 Å². The van der Waals surface area contributed by atoms with E-state index in [9.17, 15) is 0 Å². The van der Waals surface area contributed by atoms with Crippen LogP contribution in [0.15, 0.2) is 24.3 Å². The van der Waals surface area contributed by atoms with Crippen molar-refractivity contribution in [2.24, 2.45) is 0 Å². The van der Waals surface area contributed by atoms with Crippen LogP contribution in [0, 0.1) is 6.07 Å². The number of methoxy groups -OCH3 is 1. The summed E-state index contributed by atoms with van der Waals surface area (Å²) in [5, 5.41) is 0. The number of benzene rings is 1. The van der Waals surface area contributed by atoms with Gasteiger partial charge < -0.3 is 9.44 Å². The van der Waals surface area contributed by atoms with Gasteiger partial charge in [-0.05, 0) is 0 Å². The number of ether oxygens (including phenoxy) is 1. The van der Waals surface area contributed by atoms with E-state index < -0.39 is 0 Å². The Morgan fingerprint density at radius 3 is 2.00 bits per heavy atom. The van der Waals surface area contributed by atoms with E-state index in [0.29, 0.717) is 0 Å². The summed E-state index contributed by atoms with van der Waals surface area (Å²) < 4.78 is 4.89. The molecule has 1 nitrogen and oxygen atoms in total. The third-order valence-corrected chi connectivity index (χ3v) is 0.923. The Hall–Kier alpha value is 0.196. The Kier molecular flexibility index (Phi) is 16.1. The maximum Gasteiger partial charge on any atom is 2.00 e. The molecule has 0 aromatic heterocycles. The largest absolute Gasteiger partial charge is 2.00 e. The predicted molar refractivity (Wildman–Crippen MR) is 47.9 cm³/mol. The molecule has 1 aromatic rings. The molecule has 1 rings (SSSR count). The van der Waals surface area contributed by atoms with Crippen molar-refractivity contribution in [2.45, 2.75) is 0 Å². The maximum absolute atomic E-state index is 4.89. The van der Waals surface area contributed by atoms with Gasteiger partial charge in [0.05, 0.1) is 7.11 Å². The maximum atomic E-state index is 4.89. The van der Waals surface area contributed by atoms with Crippen LogP contribution >= 0.6 is 17.0 Å². The van der Waals surface area contributed by atoms with Crippen LogP contribution in [0.4, 0.5) is 0 Å². The monoisotopic (exact) mass is 230 g/mol. The Bertz CT molecular complexity index is 160. The number of rotatable bonds is 1. The molecule has 0 atom stereocenters. The quantitative estimate of drug-likeness (QED) is 0.431. The van der Waals surface area contributed by atoms with Gasteiger partial charge in [0.2, 0.25) is 0 Å². The van der Waals surface area contributed by atoms with E-state index in [4.69, 9.17) is 4.74 Å². The minimum atomic E-state index is 0. The summed E-state index contributed by atoms with van der Waals surface area (Å²) in [4.78, 5) is 0. The van der Waals surface area contributed by atoms with Gasteiger partial charge in [-0.3, -0.25) is 0 Å². The molecule has 0 N–H and O–H groups in total. The van der Waals surface area contributed by atoms with Crippen molar-refractivity contribution in [3.05, 3.63) is 30.3 Å². The SMILES string of the molecule is Br.COc1cc[c-]cc1.[F-].[Mg+2]. The van der Waals surface area contributed by atoms with E-state index in [1.54, 1.807) is 7.11 Å². The van der Waals surface area contributed by atoms with Crippen molar-refractivity contribution in [1.82, 2.24) is 0 Å². The number of hydrogen-bond acceptors (Lipinski definition) is 1. The van der Waals surface area contributed by atoms with Crippen LogP contribution in [-0.4, -0.2) is 30.2 Å².